The Morgan fingerprint density at radius 3 is 2.75 bits per heavy atom. The van der Waals surface area contributed by atoms with Gasteiger partial charge in [0, 0.05) is 18.3 Å². The molecule has 2 rings (SSSR count). The van der Waals surface area contributed by atoms with Gasteiger partial charge in [0.2, 0.25) is 11.6 Å². The monoisotopic (exact) mass is 269 g/mol. The van der Waals surface area contributed by atoms with Crippen LogP contribution in [0.3, 0.4) is 0 Å². The Morgan fingerprint density at radius 2 is 2.10 bits per heavy atom. The second-order valence-electron chi connectivity index (χ2n) is 4.28. The molecule has 0 fully saturated rings. The molecule has 6 heteroatoms. The van der Waals surface area contributed by atoms with Crippen LogP contribution < -0.4 is 4.74 Å². The minimum atomic E-state index is -0.497. The lowest BCUT2D eigenvalue weighted by atomic mass is 10.1. The fourth-order valence-corrected chi connectivity index (χ4v) is 1.84. The normalized spacial score (nSPS) is 9.85. The number of nitro groups is 1. The van der Waals surface area contributed by atoms with E-state index in [1.807, 2.05) is 6.07 Å². The molecule has 6 nitrogen and oxygen atoms in total. The summed E-state index contributed by atoms with van der Waals surface area (Å²) < 4.78 is 5.50. The lowest BCUT2D eigenvalue weighted by Crippen LogP contribution is -1.98. The lowest BCUT2D eigenvalue weighted by Gasteiger charge is -2.09. The fourth-order valence-electron chi connectivity index (χ4n) is 1.84. The smallest absolute Gasteiger partial charge is 0.312 e. The molecule has 0 amide bonds. The van der Waals surface area contributed by atoms with Gasteiger partial charge in [0.15, 0.2) is 0 Å². The van der Waals surface area contributed by atoms with Gasteiger partial charge in [0.05, 0.1) is 16.6 Å². The van der Waals surface area contributed by atoms with E-state index < -0.39 is 4.92 Å². The van der Waals surface area contributed by atoms with Gasteiger partial charge in [0.25, 0.3) is 0 Å². The van der Waals surface area contributed by atoms with Gasteiger partial charge in [-0.15, -0.1) is 0 Å². The first-order valence-electron chi connectivity index (χ1n) is 5.81. The molecule has 0 unspecified atom stereocenters. The van der Waals surface area contributed by atoms with Crippen LogP contribution in [-0.2, 0) is 0 Å². The average Bonchev–Trinajstić information content (AvgIpc) is 2.41. The van der Waals surface area contributed by atoms with Crippen LogP contribution in [0.1, 0.15) is 16.7 Å². The predicted octanol–water partition coefficient (Wildman–Crippen LogP) is 3.27. The largest absolute Gasteiger partial charge is 0.431 e. The Kier molecular flexibility index (Phi) is 3.62. The van der Waals surface area contributed by atoms with Crippen LogP contribution in [0.25, 0.3) is 0 Å². The number of pyridine rings is 1. The van der Waals surface area contributed by atoms with E-state index in [0.717, 1.165) is 5.56 Å². The number of benzene rings is 1. The highest BCUT2D eigenvalue weighted by Gasteiger charge is 2.19. The predicted molar refractivity (Wildman–Crippen MR) is 71.6 cm³/mol. The van der Waals surface area contributed by atoms with Crippen molar-refractivity contribution in [2.75, 3.05) is 0 Å². The van der Waals surface area contributed by atoms with Crippen LogP contribution in [0, 0.1) is 35.3 Å². The summed E-state index contributed by atoms with van der Waals surface area (Å²) in [5.74, 6) is 0.294. The minimum Gasteiger partial charge on any atom is -0.431 e. The second-order valence-corrected chi connectivity index (χ2v) is 4.28. The number of rotatable bonds is 3. The molecule has 2 aromatic rings. The number of ether oxygens (including phenoxy) is 1. The maximum absolute atomic E-state index is 11.1. The molecule has 0 saturated heterocycles. The highest BCUT2D eigenvalue weighted by Crippen LogP contribution is 2.35. The maximum atomic E-state index is 11.1. The van der Waals surface area contributed by atoms with E-state index in [1.165, 1.54) is 24.4 Å². The van der Waals surface area contributed by atoms with Crippen LogP contribution >= 0.6 is 0 Å². The van der Waals surface area contributed by atoms with Gasteiger partial charge in [0.1, 0.15) is 0 Å². The average molecular weight is 269 g/mol. The van der Waals surface area contributed by atoms with E-state index >= 15 is 0 Å². The third kappa shape index (κ3) is 2.72. The molecule has 0 N–H and O–H groups in total. The molecular formula is C14H11N3O3. The van der Waals surface area contributed by atoms with E-state index in [9.17, 15) is 10.1 Å². The molecule has 0 bridgehead atoms. The summed E-state index contributed by atoms with van der Waals surface area (Å²) in [4.78, 5) is 14.5. The molecule has 100 valence electrons. The van der Waals surface area contributed by atoms with Crippen molar-refractivity contribution in [3.8, 4) is 17.7 Å². The molecule has 0 radical (unpaired) electrons. The molecule has 0 aliphatic rings. The molecule has 1 aromatic heterocycles. The van der Waals surface area contributed by atoms with E-state index in [0.29, 0.717) is 11.1 Å². The topological polar surface area (TPSA) is 89.0 Å². The Morgan fingerprint density at radius 1 is 1.35 bits per heavy atom. The molecule has 20 heavy (non-hydrogen) atoms. The van der Waals surface area contributed by atoms with Crippen molar-refractivity contribution in [2.24, 2.45) is 0 Å². The number of hydrogen-bond donors (Lipinski definition) is 0. The molecule has 0 atom stereocenters. The van der Waals surface area contributed by atoms with Crippen molar-refractivity contribution in [3.05, 3.63) is 57.3 Å². The summed E-state index contributed by atoms with van der Waals surface area (Å²) in [6.07, 6.45) is 1.42. The van der Waals surface area contributed by atoms with E-state index in [4.69, 9.17) is 10.00 Å². The van der Waals surface area contributed by atoms with Gasteiger partial charge in [-0.05, 0) is 31.0 Å². The molecule has 1 heterocycles. The zero-order chi connectivity index (χ0) is 14.7. The molecule has 0 spiro atoms. The van der Waals surface area contributed by atoms with Crippen molar-refractivity contribution in [1.82, 2.24) is 4.98 Å². The quantitative estimate of drug-likeness (QED) is 0.630. The number of nitrogens with zero attached hydrogens (tertiary/aromatic N) is 3. The molecule has 0 aliphatic heterocycles. The third-order valence-corrected chi connectivity index (χ3v) is 2.67. The zero-order valence-electron chi connectivity index (χ0n) is 11.0. The summed E-state index contributed by atoms with van der Waals surface area (Å²) in [6.45, 7) is 3.50. The Labute approximate surface area is 115 Å². The van der Waals surface area contributed by atoms with Crippen LogP contribution in [-0.4, -0.2) is 9.91 Å². The fraction of sp³-hybridized carbons (Fsp3) is 0.143. The van der Waals surface area contributed by atoms with E-state index in [1.54, 1.807) is 19.9 Å². The van der Waals surface area contributed by atoms with E-state index in [-0.39, 0.29) is 17.3 Å². The van der Waals surface area contributed by atoms with Gasteiger partial charge >= 0.3 is 5.69 Å². The van der Waals surface area contributed by atoms with Crippen LogP contribution in [0.5, 0.6) is 11.6 Å². The highest BCUT2D eigenvalue weighted by atomic mass is 16.6. The van der Waals surface area contributed by atoms with Crippen molar-refractivity contribution >= 4 is 5.69 Å². The minimum absolute atomic E-state index is 0.119. The van der Waals surface area contributed by atoms with Crippen molar-refractivity contribution < 1.29 is 9.66 Å². The summed E-state index contributed by atoms with van der Waals surface area (Å²) in [6, 6.07) is 8.15. The van der Waals surface area contributed by atoms with Crippen molar-refractivity contribution in [1.29, 1.82) is 5.26 Å². The first kappa shape index (κ1) is 13.5. The first-order chi connectivity index (χ1) is 9.51. The summed E-state index contributed by atoms with van der Waals surface area (Å²) in [7, 11) is 0. The highest BCUT2D eigenvalue weighted by molar-refractivity contribution is 5.55. The second kappa shape index (κ2) is 5.36. The van der Waals surface area contributed by atoms with Gasteiger partial charge in [-0.2, -0.15) is 5.26 Å². The molecule has 1 aromatic carbocycles. The van der Waals surface area contributed by atoms with Crippen molar-refractivity contribution in [2.45, 2.75) is 13.8 Å². The van der Waals surface area contributed by atoms with Gasteiger partial charge in [-0.1, -0.05) is 6.07 Å². The van der Waals surface area contributed by atoms with E-state index in [2.05, 4.69) is 4.98 Å². The maximum Gasteiger partial charge on any atom is 0.312 e. The standard InChI is InChI=1S/C14H11N3O3/c1-9-5-10(2)14(12(6-9)17(18)19)20-13-7-11(8-15)3-4-16-13/h3-7H,1-2H3. The summed E-state index contributed by atoms with van der Waals surface area (Å²) >= 11 is 0. The molecule has 0 aliphatic carbocycles. The van der Waals surface area contributed by atoms with Crippen LogP contribution in [0.2, 0.25) is 0 Å². The SMILES string of the molecule is Cc1cc(C)c(Oc2cc(C#N)ccn2)c([N+](=O)[O-])c1. The van der Waals surface area contributed by atoms with Gasteiger partial charge in [-0.3, -0.25) is 10.1 Å². The van der Waals surface area contributed by atoms with Crippen molar-refractivity contribution in [3.63, 3.8) is 0 Å². The third-order valence-electron chi connectivity index (χ3n) is 2.67. The Hall–Kier alpha value is -2.94. The zero-order valence-corrected chi connectivity index (χ0v) is 11.0. The summed E-state index contributed by atoms with van der Waals surface area (Å²) in [5, 5.41) is 19.9. The number of nitriles is 1. The number of nitro benzene ring substituents is 1. The molecular weight excluding hydrogens is 258 g/mol. The van der Waals surface area contributed by atoms with Crippen LogP contribution in [0.15, 0.2) is 30.5 Å². The number of aryl methyl sites for hydroxylation is 2. The Balaban J connectivity index is 2.48. The van der Waals surface area contributed by atoms with Crippen LogP contribution in [0.4, 0.5) is 5.69 Å². The number of aromatic nitrogens is 1. The first-order valence-corrected chi connectivity index (χ1v) is 5.81. The van der Waals surface area contributed by atoms with Gasteiger partial charge in [-0.25, -0.2) is 4.98 Å². The lowest BCUT2D eigenvalue weighted by molar-refractivity contribution is -0.385. The van der Waals surface area contributed by atoms with Gasteiger partial charge < -0.3 is 4.74 Å². The Bertz CT molecular complexity index is 720. The molecule has 0 saturated carbocycles. The number of hydrogen-bond acceptors (Lipinski definition) is 5. The summed E-state index contributed by atoms with van der Waals surface area (Å²) in [5.41, 5.74) is 1.68.